The summed E-state index contributed by atoms with van der Waals surface area (Å²) in [4.78, 5) is 7.97. The molecule has 7 heteroatoms. The quantitative estimate of drug-likeness (QED) is 0.710. The largest absolute Gasteiger partial charge is 0.399 e. The maximum absolute atomic E-state index is 13.7. The van der Waals surface area contributed by atoms with Gasteiger partial charge < -0.3 is 11.1 Å². The minimum absolute atomic E-state index is 0.178. The van der Waals surface area contributed by atoms with Crippen LogP contribution in [0.4, 0.5) is 30.4 Å². The first-order valence-corrected chi connectivity index (χ1v) is 5.96. The van der Waals surface area contributed by atoms with Gasteiger partial charge in [0.1, 0.15) is 23.6 Å². The third kappa shape index (κ3) is 2.45. The Hall–Kier alpha value is -2.83. The molecule has 0 aliphatic rings. The number of nitrogen functional groups attached to an aromatic ring is 1. The summed E-state index contributed by atoms with van der Waals surface area (Å²) in [6, 6.07) is 6.07. The monoisotopic (exact) mass is 290 g/mol. The number of hydrogen-bond donors (Lipinski definition) is 2. The molecule has 0 saturated heterocycles. The summed E-state index contributed by atoms with van der Waals surface area (Å²) in [5.41, 5.74) is 6.22. The number of anilines is 3. The van der Waals surface area contributed by atoms with Crippen molar-refractivity contribution in [2.45, 2.75) is 0 Å². The predicted molar refractivity (Wildman–Crippen MR) is 73.5 cm³/mol. The van der Waals surface area contributed by atoms with Gasteiger partial charge in [0.2, 0.25) is 0 Å². The van der Waals surface area contributed by atoms with Crippen LogP contribution in [0.5, 0.6) is 0 Å². The normalized spacial score (nSPS) is 10.8. The smallest absolute Gasteiger partial charge is 0.152 e. The topological polar surface area (TPSA) is 63.8 Å². The lowest BCUT2D eigenvalue weighted by molar-refractivity contribution is 0.549. The Morgan fingerprint density at radius 1 is 0.952 bits per heavy atom. The maximum Gasteiger partial charge on any atom is 0.152 e. The average Bonchev–Trinajstić information content (AvgIpc) is 2.43. The van der Waals surface area contributed by atoms with Gasteiger partial charge in [0.05, 0.1) is 5.52 Å². The standard InChI is InChI=1S/C14H9F3N4/c15-7-3-10(16)13(11(17)4-7)21-14-9-5-8(18)1-2-12(9)19-6-20-14/h1-6H,18H2,(H,19,20,21). The van der Waals surface area contributed by atoms with Crippen molar-refractivity contribution in [3.63, 3.8) is 0 Å². The van der Waals surface area contributed by atoms with Gasteiger partial charge in [0.25, 0.3) is 0 Å². The Morgan fingerprint density at radius 3 is 2.38 bits per heavy atom. The number of benzene rings is 2. The van der Waals surface area contributed by atoms with Gasteiger partial charge in [0, 0.05) is 23.2 Å². The number of aromatic nitrogens is 2. The van der Waals surface area contributed by atoms with E-state index in [2.05, 4.69) is 15.3 Å². The zero-order valence-electron chi connectivity index (χ0n) is 10.6. The van der Waals surface area contributed by atoms with E-state index < -0.39 is 23.1 Å². The van der Waals surface area contributed by atoms with Gasteiger partial charge in [-0.05, 0) is 18.2 Å². The lowest BCUT2D eigenvalue weighted by atomic mass is 10.2. The first-order valence-electron chi connectivity index (χ1n) is 5.96. The minimum atomic E-state index is -1.05. The molecule has 0 atom stereocenters. The van der Waals surface area contributed by atoms with Crippen molar-refractivity contribution < 1.29 is 13.2 Å². The Balaban J connectivity index is 2.12. The second kappa shape index (κ2) is 4.93. The first kappa shape index (κ1) is 13.2. The number of rotatable bonds is 2. The van der Waals surface area contributed by atoms with E-state index >= 15 is 0 Å². The second-order valence-electron chi connectivity index (χ2n) is 4.37. The summed E-state index contributed by atoms with van der Waals surface area (Å²) < 4.78 is 40.2. The number of nitrogens with one attached hydrogen (secondary N) is 1. The highest BCUT2D eigenvalue weighted by Crippen LogP contribution is 2.28. The highest BCUT2D eigenvalue weighted by Gasteiger charge is 2.14. The molecule has 0 aliphatic heterocycles. The highest BCUT2D eigenvalue weighted by atomic mass is 19.1. The molecule has 0 bridgehead atoms. The Labute approximate surface area is 117 Å². The molecule has 0 unspecified atom stereocenters. The summed E-state index contributed by atoms with van der Waals surface area (Å²) in [6.45, 7) is 0. The zero-order valence-corrected chi connectivity index (χ0v) is 10.6. The van der Waals surface area contributed by atoms with Gasteiger partial charge in [0.15, 0.2) is 11.6 Å². The molecule has 3 rings (SSSR count). The molecule has 21 heavy (non-hydrogen) atoms. The van der Waals surface area contributed by atoms with E-state index in [1.807, 2.05) is 0 Å². The molecular formula is C14H9F3N4. The number of fused-ring (bicyclic) bond motifs is 1. The van der Waals surface area contributed by atoms with Gasteiger partial charge >= 0.3 is 0 Å². The Morgan fingerprint density at radius 2 is 1.67 bits per heavy atom. The molecule has 3 N–H and O–H groups in total. The fourth-order valence-corrected chi connectivity index (χ4v) is 1.95. The van der Waals surface area contributed by atoms with Gasteiger partial charge in [-0.15, -0.1) is 0 Å². The first-order chi connectivity index (χ1) is 10.0. The molecule has 106 valence electrons. The van der Waals surface area contributed by atoms with E-state index in [0.717, 1.165) is 0 Å². The van der Waals surface area contributed by atoms with Crippen LogP contribution in [0.1, 0.15) is 0 Å². The van der Waals surface area contributed by atoms with Crippen molar-refractivity contribution in [1.82, 2.24) is 9.97 Å². The highest BCUT2D eigenvalue weighted by molar-refractivity contribution is 5.92. The molecule has 2 aromatic carbocycles. The molecule has 1 heterocycles. The molecule has 3 aromatic rings. The summed E-state index contributed by atoms with van der Waals surface area (Å²) in [5, 5.41) is 3.02. The van der Waals surface area contributed by atoms with Crippen molar-refractivity contribution in [3.05, 3.63) is 54.1 Å². The molecule has 1 aromatic heterocycles. The van der Waals surface area contributed by atoms with Crippen LogP contribution >= 0.6 is 0 Å². The van der Waals surface area contributed by atoms with Crippen LogP contribution in [0.3, 0.4) is 0 Å². The fraction of sp³-hybridized carbons (Fsp3) is 0. The van der Waals surface area contributed by atoms with Crippen LogP contribution in [0, 0.1) is 17.5 Å². The van der Waals surface area contributed by atoms with Crippen LogP contribution in [-0.2, 0) is 0 Å². The van der Waals surface area contributed by atoms with Crippen LogP contribution in [0.2, 0.25) is 0 Å². The molecule has 0 fully saturated rings. The van der Waals surface area contributed by atoms with Gasteiger partial charge in [-0.3, -0.25) is 0 Å². The Bertz CT molecular complexity index is 813. The number of halogens is 3. The maximum atomic E-state index is 13.7. The van der Waals surface area contributed by atoms with E-state index in [4.69, 9.17) is 5.73 Å². The van der Waals surface area contributed by atoms with Crippen LogP contribution in [0.15, 0.2) is 36.7 Å². The summed E-state index contributed by atoms with van der Waals surface area (Å²) in [6.07, 6.45) is 1.25. The van der Waals surface area contributed by atoms with Crippen molar-refractivity contribution >= 4 is 28.1 Å². The molecule has 0 radical (unpaired) electrons. The number of nitrogens with two attached hydrogens (primary N) is 1. The number of hydrogen-bond acceptors (Lipinski definition) is 4. The van der Waals surface area contributed by atoms with E-state index in [-0.39, 0.29) is 5.82 Å². The van der Waals surface area contributed by atoms with Gasteiger partial charge in [-0.1, -0.05) is 0 Å². The van der Waals surface area contributed by atoms with Crippen molar-refractivity contribution in [3.8, 4) is 0 Å². The van der Waals surface area contributed by atoms with E-state index in [1.54, 1.807) is 18.2 Å². The third-order valence-corrected chi connectivity index (χ3v) is 2.91. The van der Waals surface area contributed by atoms with Crippen molar-refractivity contribution in [2.75, 3.05) is 11.1 Å². The lowest BCUT2D eigenvalue weighted by Crippen LogP contribution is -2.02. The van der Waals surface area contributed by atoms with E-state index in [1.165, 1.54) is 6.33 Å². The minimum Gasteiger partial charge on any atom is -0.399 e. The molecule has 0 saturated carbocycles. The third-order valence-electron chi connectivity index (χ3n) is 2.91. The van der Waals surface area contributed by atoms with Crippen molar-refractivity contribution in [2.24, 2.45) is 0 Å². The SMILES string of the molecule is Nc1ccc2ncnc(Nc3c(F)cc(F)cc3F)c2c1. The molecule has 0 spiro atoms. The fourth-order valence-electron chi connectivity index (χ4n) is 1.95. The van der Waals surface area contributed by atoms with Crippen LogP contribution in [0.25, 0.3) is 10.9 Å². The van der Waals surface area contributed by atoms with Crippen molar-refractivity contribution in [1.29, 1.82) is 0 Å². The van der Waals surface area contributed by atoms with E-state index in [9.17, 15) is 13.2 Å². The van der Waals surface area contributed by atoms with Crippen LogP contribution < -0.4 is 11.1 Å². The van der Waals surface area contributed by atoms with Crippen LogP contribution in [-0.4, -0.2) is 9.97 Å². The molecular weight excluding hydrogens is 281 g/mol. The lowest BCUT2D eigenvalue weighted by Gasteiger charge is -2.10. The average molecular weight is 290 g/mol. The van der Waals surface area contributed by atoms with E-state index in [0.29, 0.717) is 28.7 Å². The molecule has 4 nitrogen and oxygen atoms in total. The molecule has 0 aliphatic carbocycles. The Kier molecular flexibility index (Phi) is 3.09. The summed E-state index contributed by atoms with van der Waals surface area (Å²) >= 11 is 0. The molecule has 0 amide bonds. The summed E-state index contributed by atoms with van der Waals surface area (Å²) in [7, 11) is 0. The van der Waals surface area contributed by atoms with Gasteiger partial charge in [-0.25, -0.2) is 23.1 Å². The summed E-state index contributed by atoms with van der Waals surface area (Å²) in [5.74, 6) is -2.92. The zero-order chi connectivity index (χ0) is 15.0. The predicted octanol–water partition coefficient (Wildman–Crippen LogP) is 3.37. The number of nitrogens with zero attached hydrogens (tertiary/aromatic N) is 2. The van der Waals surface area contributed by atoms with Gasteiger partial charge in [-0.2, -0.15) is 0 Å². The second-order valence-corrected chi connectivity index (χ2v) is 4.37.